The van der Waals surface area contributed by atoms with Gasteiger partial charge in [0.25, 0.3) is 0 Å². The Labute approximate surface area is 192 Å². The largest absolute Gasteiger partial charge is 1.00 e. The van der Waals surface area contributed by atoms with Crippen LogP contribution < -0.4 is 34.7 Å². The monoisotopic (exact) mass is 422 g/mol. The molecule has 0 aromatic heterocycles. The Bertz CT molecular complexity index is 620. The summed E-state index contributed by atoms with van der Waals surface area (Å²) in [7, 11) is 0. The van der Waals surface area contributed by atoms with Crippen LogP contribution in [0.3, 0.4) is 0 Å². The number of carboxylic acid groups (broad SMARTS) is 1. The van der Waals surface area contributed by atoms with Crippen molar-refractivity contribution < 1.29 is 63.2 Å². The first-order valence-corrected chi connectivity index (χ1v) is 10.3. The van der Waals surface area contributed by atoms with Crippen LogP contribution in [0.15, 0.2) is 24.0 Å². The number of fused-ring (bicyclic) bond motifs is 1. The van der Waals surface area contributed by atoms with Crippen molar-refractivity contribution in [2.45, 2.75) is 87.9 Å². The van der Waals surface area contributed by atoms with Gasteiger partial charge in [-0.15, -0.1) is 0 Å². The third-order valence-electron chi connectivity index (χ3n) is 6.35. The first kappa shape index (κ1) is 24.8. The quantitative estimate of drug-likeness (QED) is 0.316. The van der Waals surface area contributed by atoms with E-state index >= 15 is 0 Å². The fourth-order valence-corrected chi connectivity index (χ4v) is 4.75. The molecule has 8 heteroatoms. The number of rotatable bonds is 7. The number of alkyl halides is 2. The van der Waals surface area contributed by atoms with E-state index in [0.29, 0.717) is 25.7 Å². The minimum absolute atomic E-state index is 0. The van der Waals surface area contributed by atoms with E-state index in [2.05, 4.69) is 0 Å². The number of aliphatic hydroxyl groups is 2. The molecule has 0 spiro atoms. The number of hydrogen-bond donors (Lipinski definition) is 2. The Morgan fingerprint density at radius 3 is 2.69 bits per heavy atom. The standard InChI is InChI=1S/C21H30F2O5.Na/c22-20-15(6-2-3-7-18(26)27)28-16-12-14(24)13(19(16)20)8-9-17(25)21(23)10-4-1-5-11-21;/h6,8-9,13-14,16-17,19-20,24-25H,1-5,7,10-12H2,(H,26,27);/q;+1/p-1. The first-order valence-electron chi connectivity index (χ1n) is 10.3. The molecule has 3 aliphatic rings. The number of ether oxygens (including phenoxy) is 1. The van der Waals surface area contributed by atoms with Crippen molar-refractivity contribution >= 4 is 5.97 Å². The fraction of sp³-hybridized carbons (Fsp3) is 0.762. The number of aliphatic hydroxyl groups excluding tert-OH is 2. The Hall–Kier alpha value is -0.470. The van der Waals surface area contributed by atoms with Gasteiger partial charge in [-0.2, -0.15) is 0 Å². The average molecular weight is 422 g/mol. The minimum atomic E-state index is -1.65. The van der Waals surface area contributed by atoms with Crippen LogP contribution in [0.2, 0.25) is 0 Å². The van der Waals surface area contributed by atoms with Gasteiger partial charge in [0.2, 0.25) is 0 Å². The van der Waals surface area contributed by atoms with Gasteiger partial charge in [-0.1, -0.05) is 31.4 Å². The van der Waals surface area contributed by atoms with Gasteiger partial charge in [0, 0.05) is 24.2 Å². The maximum absolute atomic E-state index is 14.9. The summed E-state index contributed by atoms with van der Waals surface area (Å²) in [5.74, 6) is -2.12. The molecule has 1 saturated heterocycles. The van der Waals surface area contributed by atoms with Crippen LogP contribution in [-0.2, 0) is 9.53 Å². The van der Waals surface area contributed by atoms with Gasteiger partial charge in [0.15, 0.2) is 6.17 Å². The van der Waals surface area contributed by atoms with Gasteiger partial charge in [0.1, 0.15) is 23.6 Å². The van der Waals surface area contributed by atoms with E-state index in [4.69, 9.17) is 4.74 Å². The van der Waals surface area contributed by atoms with Gasteiger partial charge < -0.3 is 24.9 Å². The summed E-state index contributed by atoms with van der Waals surface area (Å²) >= 11 is 0. The second kappa shape index (κ2) is 10.7. The third kappa shape index (κ3) is 5.82. The van der Waals surface area contributed by atoms with Gasteiger partial charge in [-0.25, -0.2) is 8.78 Å². The number of unbranched alkanes of at least 4 members (excludes halogenated alkanes) is 1. The third-order valence-corrected chi connectivity index (χ3v) is 6.35. The number of carbonyl (C=O) groups is 1. The zero-order valence-corrected chi connectivity index (χ0v) is 18.9. The molecule has 0 aromatic carbocycles. The Morgan fingerprint density at radius 2 is 2.03 bits per heavy atom. The zero-order valence-electron chi connectivity index (χ0n) is 16.9. The molecule has 0 radical (unpaired) electrons. The molecular weight excluding hydrogens is 393 g/mol. The average Bonchev–Trinajstić information content (AvgIpc) is 3.12. The molecule has 5 nitrogen and oxygen atoms in total. The summed E-state index contributed by atoms with van der Waals surface area (Å²) in [4.78, 5) is 10.4. The second-order valence-corrected chi connectivity index (χ2v) is 8.31. The van der Waals surface area contributed by atoms with E-state index in [9.17, 15) is 28.9 Å². The van der Waals surface area contributed by atoms with Crippen molar-refractivity contribution in [1.82, 2.24) is 0 Å². The van der Waals surface area contributed by atoms with Crippen LogP contribution in [0.1, 0.15) is 57.8 Å². The van der Waals surface area contributed by atoms with Crippen molar-refractivity contribution in [2.75, 3.05) is 0 Å². The zero-order chi connectivity index (χ0) is 20.3. The first-order chi connectivity index (χ1) is 13.3. The molecule has 1 aliphatic heterocycles. The molecule has 3 fully saturated rings. The predicted molar refractivity (Wildman–Crippen MR) is 96.4 cm³/mol. The van der Waals surface area contributed by atoms with Crippen LogP contribution in [0, 0.1) is 11.8 Å². The molecule has 6 unspecified atom stereocenters. The second-order valence-electron chi connectivity index (χ2n) is 8.31. The molecule has 2 saturated carbocycles. The Morgan fingerprint density at radius 1 is 1.34 bits per heavy atom. The molecule has 2 N–H and O–H groups in total. The molecule has 0 amide bonds. The summed E-state index contributed by atoms with van der Waals surface area (Å²) < 4.78 is 35.4. The van der Waals surface area contributed by atoms with Crippen molar-refractivity contribution in [3.05, 3.63) is 24.0 Å². The van der Waals surface area contributed by atoms with Crippen molar-refractivity contribution in [2.24, 2.45) is 11.8 Å². The van der Waals surface area contributed by atoms with Gasteiger partial charge >= 0.3 is 29.6 Å². The normalized spacial score (nSPS) is 35.9. The van der Waals surface area contributed by atoms with E-state index in [0.717, 1.165) is 19.3 Å². The molecule has 0 aromatic rings. The van der Waals surface area contributed by atoms with Crippen LogP contribution in [0.5, 0.6) is 0 Å². The molecule has 1 heterocycles. The van der Waals surface area contributed by atoms with E-state index in [-0.39, 0.29) is 48.2 Å². The summed E-state index contributed by atoms with van der Waals surface area (Å²) in [6, 6.07) is 0. The predicted octanol–water partition coefficient (Wildman–Crippen LogP) is -0.882. The van der Waals surface area contributed by atoms with Crippen molar-refractivity contribution in [3.8, 4) is 0 Å². The van der Waals surface area contributed by atoms with Gasteiger partial charge in [-0.3, -0.25) is 0 Å². The van der Waals surface area contributed by atoms with Crippen LogP contribution >= 0.6 is 0 Å². The number of halogens is 2. The van der Waals surface area contributed by atoms with Crippen molar-refractivity contribution in [1.29, 1.82) is 0 Å². The minimum Gasteiger partial charge on any atom is -0.550 e. The van der Waals surface area contributed by atoms with Gasteiger partial charge in [0.05, 0.1) is 6.10 Å². The van der Waals surface area contributed by atoms with Crippen molar-refractivity contribution in [3.63, 3.8) is 0 Å². The SMILES string of the molecule is O=C([O-])CCCC=C1OC2CC(O)C(C=CC(O)C3(F)CCCCC3)C2C1F.[Na+]. The fourth-order valence-electron chi connectivity index (χ4n) is 4.75. The maximum Gasteiger partial charge on any atom is 1.00 e. The topological polar surface area (TPSA) is 89.8 Å². The molecule has 0 bridgehead atoms. The summed E-state index contributed by atoms with van der Waals surface area (Å²) in [5.41, 5.74) is -1.65. The molecular formula is C21H29F2NaO5. The number of allylic oxidation sites excluding steroid dienone is 2. The number of hydrogen-bond acceptors (Lipinski definition) is 5. The molecule has 2 aliphatic carbocycles. The molecule has 158 valence electrons. The number of aliphatic carboxylic acids is 1. The maximum atomic E-state index is 14.9. The van der Waals surface area contributed by atoms with Crippen LogP contribution in [-0.4, -0.2) is 46.3 Å². The van der Waals surface area contributed by atoms with E-state index in [1.807, 2.05) is 0 Å². The van der Waals surface area contributed by atoms with Crippen LogP contribution in [0.4, 0.5) is 8.78 Å². The Balaban J connectivity index is 0.00000300. The Kier molecular flexibility index (Phi) is 9.16. The summed E-state index contributed by atoms with van der Waals surface area (Å²) in [6.07, 6.45) is 4.48. The smallest absolute Gasteiger partial charge is 0.550 e. The number of carboxylic acids is 1. The summed E-state index contributed by atoms with van der Waals surface area (Å²) in [6.45, 7) is 0. The van der Waals surface area contributed by atoms with E-state index in [1.165, 1.54) is 6.08 Å². The molecule has 29 heavy (non-hydrogen) atoms. The molecule has 3 rings (SSSR count). The summed E-state index contributed by atoms with van der Waals surface area (Å²) in [5, 5.41) is 31.0. The molecule has 6 atom stereocenters. The van der Waals surface area contributed by atoms with Crippen LogP contribution in [0.25, 0.3) is 0 Å². The van der Waals surface area contributed by atoms with E-state index < -0.39 is 48.0 Å². The number of carbonyl (C=O) groups excluding carboxylic acids is 1. The van der Waals surface area contributed by atoms with Gasteiger partial charge in [-0.05, 0) is 38.2 Å². The van der Waals surface area contributed by atoms with E-state index in [1.54, 1.807) is 12.2 Å².